The highest BCUT2D eigenvalue weighted by atomic mass is 35.5. The van der Waals surface area contributed by atoms with Gasteiger partial charge in [-0.15, -0.1) is 0 Å². The summed E-state index contributed by atoms with van der Waals surface area (Å²) >= 11 is 6.15. The molecule has 0 aliphatic carbocycles. The van der Waals surface area contributed by atoms with Crippen molar-refractivity contribution < 1.29 is 19.1 Å². The van der Waals surface area contributed by atoms with Gasteiger partial charge in [-0.1, -0.05) is 29.8 Å². The van der Waals surface area contributed by atoms with Gasteiger partial charge in [0.25, 0.3) is 5.91 Å². The number of rotatable bonds is 7. The molecule has 0 bridgehead atoms. The lowest BCUT2D eigenvalue weighted by molar-refractivity contribution is -0.153. The van der Waals surface area contributed by atoms with Crippen LogP contribution in [0.25, 0.3) is 0 Å². The number of primary amides is 1. The summed E-state index contributed by atoms with van der Waals surface area (Å²) in [4.78, 5) is 36.1. The summed E-state index contributed by atoms with van der Waals surface area (Å²) in [6, 6.07) is 5.15. The van der Waals surface area contributed by atoms with Gasteiger partial charge in [0, 0.05) is 12.1 Å². The highest BCUT2D eigenvalue weighted by Gasteiger charge is 2.25. The fourth-order valence-electron chi connectivity index (χ4n) is 2.81. The number of carbonyl (C=O) groups excluding carboxylic acids is 3. The quantitative estimate of drug-likeness (QED) is 0.591. The Labute approximate surface area is 173 Å². The molecule has 0 aliphatic heterocycles. The molecule has 29 heavy (non-hydrogen) atoms. The Balaban J connectivity index is 2.04. The number of aryl methyl sites for hydroxylation is 2. The number of nitrogens with two attached hydrogens (primary N) is 1. The van der Waals surface area contributed by atoms with Crippen LogP contribution in [0.5, 0.6) is 0 Å². The number of amides is 3. The molecule has 1 aromatic carbocycles. The molecule has 0 fully saturated rings. The van der Waals surface area contributed by atoms with Crippen LogP contribution in [0.3, 0.4) is 0 Å². The largest absolute Gasteiger partial charge is 0.452 e. The fraction of sp³-hybridized carbons (Fsp3) is 0.368. The first-order valence-electron chi connectivity index (χ1n) is 8.91. The van der Waals surface area contributed by atoms with Crippen molar-refractivity contribution in [3.8, 4) is 0 Å². The summed E-state index contributed by atoms with van der Waals surface area (Å²) < 4.78 is 6.88. The summed E-state index contributed by atoms with van der Waals surface area (Å²) in [5.74, 6) is -1.18. The van der Waals surface area contributed by atoms with E-state index in [1.807, 2.05) is 6.92 Å². The van der Waals surface area contributed by atoms with Crippen molar-refractivity contribution in [2.75, 3.05) is 5.32 Å². The van der Waals surface area contributed by atoms with Crippen LogP contribution in [0, 0.1) is 13.8 Å². The molecule has 2 rings (SSSR count). The van der Waals surface area contributed by atoms with E-state index < -0.39 is 30.1 Å². The van der Waals surface area contributed by atoms with Crippen LogP contribution in [0.4, 0.5) is 10.5 Å². The molecule has 0 unspecified atom stereocenters. The predicted molar refractivity (Wildman–Crippen MR) is 108 cm³/mol. The van der Waals surface area contributed by atoms with Crippen LogP contribution in [0.2, 0.25) is 5.02 Å². The van der Waals surface area contributed by atoms with E-state index in [0.717, 1.165) is 5.69 Å². The van der Waals surface area contributed by atoms with Crippen molar-refractivity contribution in [1.29, 1.82) is 0 Å². The minimum Gasteiger partial charge on any atom is -0.452 e. The van der Waals surface area contributed by atoms with Crippen molar-refractivity contribution >= 4 is 35.2 Å². The number of nitrogens with zero attached hydrogens (tertiary/aromatic N) is 2. The first kappa shape index (κ1) is 22.2. The van der Waals surface area contributed by atoms with Crippen molar-refractivity contribution in [1.82, 2.24) is 15.1 Å². The van der Waals surface area contributed by atoms with Crippen molar-refractivity contribution in [2.24, 2.45) is 12.8 Å². The second-order valence-electron chi connectivity index (χ2n) is 6.58. The molecule has 1 aromatic heterocycles. The van der Waals surface area contributed by atoms with E-state index in [9.17, 15) is 14.4 Å². The first-order valence-corrected chi connectivity index (χ1v) is 9.28. The van der Waals surface area contributed by atoms with E-state index in [2.05, 4.69) is 15.7 Å². The average molecular weight is 422 g/mol. The lowest BCUT2D eigenvalue weighted by Gasteiger charge is -2.20. The highest BCUT2D eigenvalue weighted by Crippen LogP contribution is 2.25. The molecule has 0 spiro atoms. The molecule has 0 saturated heterocycles. The Morgan fingerprint density at radius 2 is 1.93 bits per heavy atom. The van der Waals surface area contributed by atoms with E-state index in [1.165, 1.54) is 6.92 Å². The second-order valence-corrected chi connectivity index (χ2v) is 6.98. The molecular formula is C19H24ClN5O4. The van der Waals surface area contributed by atoms with Crippen LogP contribution in [-0.4, -0.2) is 33.8 Å². The minimum absolute atomic E-state index is 0.241. The first-order chi connectivity index (χ1) is 13.6. The van der Waals surface area contributed by atoms with Gasteiger partial charge in [0.15, 0.2) is 6.10 Å². The van der Waals surface area contributed by atoms with E-state index in [4.69, 9.17) is 22.1 Å². The third kappa shape index (κ3) is 5.71. The summed E-state index contributed by atoms with van der Waals surface area (Å²) in [6.07, 6.45) is -1.29. The molecule has 10 heteroatoms. The van der Waals surface area contributed by atoms with Crippen molar-refractivity contribution in [3.05, 3.63) is 46.2 Å². The van der Waals surface area contributed by atoms with Gasteiger partial charge >= 0.3 is 12.0 Å². The number of hydrogen-bond donors (Lipinski definition) is 3. The number of aromatic nitrogens is 2. The second kappa shape index (κ2) is 9.42. The van der Waals surface area contributed by atoms with Gasteiger partial charge in [-0.25, -0.2) is 4.79 Å². The van der Waals surface area contributed by atoms with Crippen LogP contribution in [-0.2, 0) is 21.4 Å². The van der Waals surface area contributed by atoms with Crippen LogP contribution in [0.15, 0.2) is 24.3 Å². The highest BCUT2D eigenvalue weighted by molar-refractivity contribution is 6.31. The molecule has 4 N–H and O–H groups in total. The Kier molecular flexibility index (Phi) is 7.22. The third-order valence-corrected chi connectivity index (χ3v) is 4.75. The number of esters is 1. The number of hydrogen-bond acceptors (Lipinski definition) is 5. The zero-order valence-electron chi connectivity index (χ0n) is 16.7. The average Bonchev–Trinajstić information content (AvgIpc) is 2.87. The Morgan fingerprint density at radius 3 is 2.48 bits per heavy atom. The van der Waals surface area contributed by atoms with Gasteiger partial charge in [-0.05, 0) is 32.4 Å². The molecule has 3 amide bonds. The summed E-state index contributed by atoms with van der Waals surface area (Å²) in [7, 11) is 1.77. The van der Waals surface area contributed by atoms with Crippen molar-refractivity contribution in [3.63, 3.8) is 0 Å². The monoisotopic (exact) mass is 421 g/mol. The number of anilines is 1. The minimum atomic E-state index is -1.05. The van der Waals surface area contributed by atoms with Crippen LogP contribution in [0.1, 0.15) is 36.3 Å². The number of benzene rings is 1. The van der Waals surface area contributed by atoms with Gasteiger partial charge in [0.1, 0.15) is 0 Å². The molecule has 0 saturated carbocycles. The van der Waals surface area contributed by atoms with Crippen LogP contribution >= 0.6 is 11.6 Å². The Hall–Kier alpha value is -3.07. The lowest BCUT2D eigenvalue weighted by Crippen LogP contribution is -2.36. The lowest BCUT2D eigenvalue weighted by atomic mass is 10.0. The molecule has 2 aromatic rings. The van der Waals surface area contributed by atoms with Crippen molar-refractivity contribution in [2.45, 2.75) is 39.3 Å². The topological polar surface area (TPSA) is 128 Å². The molecule has 156 valence electrons. The van der Waals surface area contributed by atoms with Gasteiger partial charge in [0.2, 0.25) is 0 Å². The number of urea groups is 1. The maximum absolute atomic E-state index is 12.4. The molecule has 1 heterocycles. The predicted octanol–water partition coefficient (Wildman–Crippen LogP) is 2.36. The number of carbonyl (C=O) groups is 3. The maximum atomic E-state index is 12.4. The molecule has 2 atom stereocenters. The number of nitrogens with one attached hydrogen (secondary N) is 2. The standard InChI is InChI=1S/C19H24ClN5O4/c1-10-17(11(2)25(4)24-10)23-18(27)12(3)29-16(26)9-15(22-19(21)28)13-7-5-6-8-14(13)20/h5-8,12,15H,9H2,1-4H3,(H,23,27)(H3,21,22,28)/t12-,15-/m1/s1. The number of ether oxygens (including phenoxy) is 1. The number of halogens is 1. The molecule has 0 aliphatic rings. The SMILES string of the molecule is Cc1nn(C)c(C)c1NC(=O)[C@@H](C)OC(=O)C[C@@H](NC(N)=O)c1ccccc1Cl. The Bertz CT molecular complexity index is 927. The van der Waals surface area contributed by atoms with Crippen LogP contribution < -0.4 is 16.4 Å². The zero-order chi connectivity index (χ0) is 21.7. The summed E-state index contributed by atoms with van der Waals surface area (Å²) in [5.41, 5.74) is 7.73. The summed E-state index contributed by atoms with van der Waals surface area (Å²) in [5, 5.41) is 9.78. The third-order valence-electron chi connectivity index (χ3n) is 4.40. The molecular weight excluding hydrogens is 398 g/mol. The zero-order valence-corrected chi connectivity index (χ0v) is 17.4. The maximum Gasteiger partial charge on any atom is 0.312 e. The molecule has 9 nitrogen and oxygen atoms in total. The van der Waals surface area contributed by atoms with E-state index >= 15 is 0 Å². The summed E-state index contributed by atoms with van der Waals surface area (Å²) in [6.45, 7) is 5.04. The normalized spacial score (nSPS) is 12.7. The smallest absolute Gasteiger partial charge is 0.312 e. The van der Waals surface area contributed by atoms with E-state index in [1.54, 1.807) is 42.9 Å². The fourth-order valence-corrected chi connectivity index (χ4v) is 3.08. The Morgan fingerprint density at radius 1 is 1.28 bits per heavy atom. The van der Waals surface area contributed by atoms with Gasteiger partial charge < -0.3 is 21.1 Å². The van der Waals surface area contributed by atoms with Gasteiger partial charge in [-0.3, -0.25) is 14.3 Å². The van der Waals surface area contributed by atoms with Gasteiger partial charge in [-0.2, -0.15) is 5.10 Å². The van der Waals surface area contributed by atoms with Gasteiger partial charge in [0.05, 0.1) is 29.5 Å². The van der Waals surface area contributed by atoms with E-state index in [-0.39, 0.29) is 6.42 Å². The molecule has 0 radical (unpaired) electrons. The van der Waals surface area contributed by atoms with E-state index in [0.29, 0.717) is 22.0 Å².